The van der Waals surface area contributed by atoms with Crippen molar-refractivity contribution in [2.45, 2.75) is 59.1 Å². The Morgan fingerprint density at radius 3 is 2.61 bits per heavy atom. The lowest BCUT2D eigenvalue weighted by Crippen LogP contribution is -2.44. The number of rotatable bonds is 2. The van der Waals surface area contributed by atoms with E-state index < -0.39 is 5.60 Å². The summed E-state index contributed by atoms with van der Waals surface area (Å²) < 4.78 is 5.57. The molecule has 1 saturated heterocycles. The SMILES string of the molecule is CC(=O)Nc1ccc(C2CCC(C)CN2C(=O)OC(C)(C)C)s1. The molecule has 5 nitrogen and oxygen atoms in total. The van der Waals surface area contributed by atoms with Gasteiger partial charge in [0.1, 0.15) is 5.60 Å². The molecule has 2 amide bonds. The fourth-order valence-electron chi connectivity index (χ4n) is 2.74. The van der Waals surface area contributed by atoms with Gasteiger partial charge in [0.25, 0.3) is 0 Å². The van der Waals surface area contributed by atoms with Crippen molar-refractivity contribution in [2.24, 2.45) is 5.92 Å². The first-order valence-electron chi connectivity index (χ1n) is 8.02. The highest BCUT2D eigenvalue weighted by Gasteiger charge is 2.34. The first-order chi connectivity index (χ1) is 10.7. The Balaban J connectivity index is 2.18. The number of carbonyl (C=O) groups excluding carboxylic acids is 2. The number of hydrogen-bond donors (Lipinski definition) is 1. The third kappa shape index (κ3) is 4.96. The van der Waals surface area contributed by atoms with Gasteiger partial charge in [0.15, 0.2) is 0 Å². The maximum Gasteiger partial charge on any atom is 0.410 e. The van der Waals surface area contributed by atoms with Crippen molar-refractivity contribution in [2.75, 3.05) is 11.9 Å². The molecule has 1 aromatic heterocycles. The predicted octanol–water partition coefficient (Wildman–Crippen LogP) is 4.41. The van der Waals surface area contributed by atoms with Crippen molar-refractivity contribution >= 4 is 28.3 Å². The summed E-state index contributed by atoms with van der Waals surface area (Å²) in [5.41, 5.74) is -0.501. The predicted molar refractivity (Wildman–Crippen MR) is 92.7 cm³/mol. The summed E-state index contributed by atoms with van der Waals surface area (Å²) in [6.07, 6.45) is 1.74. The van der Waals surface area contributed by atoms with Crippen LogP contribution in [0.25, 0.3) is 0 Å². The van der Waals surface area contributed by atoms with E-state index >= 15 is 0 Å². The number of anilines is 1. The second kappa shape index (κ2) is 6.91. The summed E-state index contributed by atoms with van der Waals surface area (Å²) in [4.78, 5) is 26.7. The van der Waals surface area contributed by atoms with Gasteiger partial charge < -0.3 is 15.0 Å². The van der Waals surface area contributed by atoms with Crippen LogP contribution in [0, 0.1) is 5.92 Å². The van der Waals surface area contributed by atoms with Gasteiger partial charge in [-0.05, 0) is 51.7 Å². The van der Waals surface area contributed by atoms with Crippen LogP contribution in [0.5, 0.6) is 0 Å². The number of hydrogen-bond acceptors (Lipinski definition) is 4. The summed E-state index contributed by atoms with van der Waals surface area (Å²) in [7, 11) is 0. The number of amides is 2. The molecule has 0 aliphatic carbocycles. The van der Waals surface area contributed by atoms with E-state index in [2.05, 4.69) is 12.2 Å². The number of nitrogens with one attached hydrogen (secondary N) is 1. The van der Waals surface area contributed by atoms with Crippen LogP contribution in [-0.2, 0) is 9.53 Å². The van der Waals surface area contributed by atoms with E-state index in [-0.39, 0.29) is 18.0 Å². The highest BCUT2D eigenvalue weighted by Crippen LogP contribution is 2.38. The lowest BCUT2D eigenvalue weighted by Gasteiger charge is -2.38. The first kappa shape index (κ1) is 17.8. The molecule has 2 heterocycles. The summed E-state index contributed by atoms with van der Waals surface area (Å²) in [6, 6.07) is 3.91. The maximum atomic E-state index is 12.6. The van der Waals surface area contributed by atoms with Gasteiger partial charge in [-0.1, -0.05) is 6.92 Å². The van der Waals surface area contributed by atoms with E-state index in [1.165, 1.54) is 18.3 Å². The van der Waals surface area contributed by atoms with Crippen molar-refractivity contribution in [1.82, 2.24) is 4.90 Å². The van der Waals surface area contributed by atoms with Crippen LogP contribution in [0.2, 0.25) is 0 Å². The van der Waals surface area contributed by atoms with Crippen molar-refractivity contribution in [3.63, 3.8) is 0 Å². The Kier molecular flexibility index (Phi) is 5.34. The monoisotopic (exact) mass is 338 g/mol. The number of piperidine rings is 1. The number of thiophene rings is 1. The van der Waals surface area contributed by atoms with Gasteiger partial charge in [-0.15, -0.1) is 11.3 Å². The van der Waals surface area contributed by atoms with Crippen molar-refractivity contribution in [3.05, 3.63) is 17.0 Å². The highest BCUT2D eigenvalue weighted by atomic mass is 32.1. The quantitative estimate of drug-likeness (QED) is 0.868. The molecule has 0 radical (unpaired) electrons. The van der Waals surface area contributed by atoms with Crippen molar-refractivity contribution < 1.29 is 14.3 Å². The minimum absolute atomic E-state index is 0.0218. The number of likely N-dealkylation sites (tertiary alicyclic amines) is 1. The Bertz CT molecular complexity index is 577. The lowest BCUT2D eigenvalue weighted by molar-refractivity contribution is -0.114. The molecule has 0 saturated carbocycles. The van der Waals surface area contributed by atoms with E-state index in [0.717, 1.165) is 22.7 Å². The van der Waals surface area contributed by atoms with Crippen LogP contribution in [0.1, 0.15) is 58.4 Å². The molecule has 0 bridgehead atoms. The van der Waals surface area contributed by atoms with Crippen LogP contribution < -0.4 is 5.32 Å². The van der Waals surface area contributed by atoms with Crippen LogP contribution in [0.4, 0.5) is 9.80 Å². The van der Waals surface area contributed by atoms with E-state index in [0.29, 0.717) is 12.5 Å². The molecule has 1 fully saturated rings. The summed E-state index contributed by atoms with van der Waals surface area (Å²) in [6.45, 7) is 10.0. The molecule has 2 unspecified atom stereocenters. The standard InChI is InChI=1S/C17H26N2O3S/c1-11-6-7-13(14-8-9-15(23-14)18-12(2)20)19(10-11)16(21)22-17(3,4)5/h8-9,11,13H,6-7,10H2,1-5H3,(H,18,20). The zero-order chi connectivity index (χ0) is 17.2. The molecule has 2 atom stereocenters. The molecule has 1 aliphatic rings. The molecule has 1 N–H and O–H groups in total. The summed E-state index contributed by atoms with van der Waals surface area (Å²) in [5.74, 6) is 0.383. The van der Waals surface area contributed by atoms with Gasteiger partial charge >= 0.3 is 6.09 Å². The highest BCUT2D eigenvalue weighted by molar-refractivity contribution is 7.16. The van der Waals surface area contributed by atoms with Crippen LogP contribution in [0.3, 0.4) is 0 Å². The lowest BCUT2D eigenvalue weighted by atomic mass is 9.94. The molecule has 1 aliphatic heterocycles. The number of carbonyl (C=O) groups is 2. The van der Waals surface area contributed by atoms with Crippen LogP contribution in [0.15, 0.2) is 12.1 Å². The Hall–Kier alpha value is -1.56. The van der Waals surface area contributed by atoms with Gasteiger partial charge in [0.2, 0.25) is 5.91 Å². The summed E-state index contributed by atoms with van der Waals surface area (Å²) >= 11 is 1.53. The van der Waals surface area contributed by atoms with Crippen LogP contribution in [-0.4, -0.2) is 29.0 Å². The normalized spacial score (nSPS) is 21.9. The second-order valence-electron chi connectivity index (χ2n) is 7.21. The molecule has 1 aromatic rings. The molecule has 23 heavy (non-hydrogen) atoms. The Morgan fingerprint density at radius 2 is 2.00 bits per heavy atom. The minimum atomic E-state index is -0.501. The molecule has 128 valence electrons. The molecule has 6 heteroatoms. The zero-order valence-electron chi connectivity index (χ0n) is 14.5. The van der Waals surface area contributed by atoms with E-state index in [9.17, 15) is 9.59 Å². The average molecular weight is 338 g/mol. The fraction of sp³-hybridized carbons (Fsp3) is 0.647. The minimum Gasteiger partial charge on any atom is -0.444 e. The summed E-state index contributed by atoms with van der Waals surface area (Å²) in [5, 5.41) is 3.62. The van der Waals surface area contributed by atoms with Gasteiger partial charge in [-0.3, -0.25) is 4.79 Å². The van der Waals surface area contributed by atoms with Crippen molar-refractivity contribution in [3.8, 4) is 0 Å². The number of nitrogens with zero attached hydrogens (tertiary/aromatic N) is 1. The first-order valence-corrected chi connectivity index (χ1v) is 8.84. The van der Waals surface area contributed by atoms with E-state index in [1.807, 2.05) is 37.8 Å². The fourth-order valence-corrected chi connectivity index (χ4v) is 3.85. The topological polar surface area (TPSA) is 58.6 Å². The second-order valence-corrected chi connectivity index (χ2v) is 8.33. The molecular weight excluding hydrogens is 312 g/mol. The smallest absolute Gasteiger partial charge is 0.410 e. The van der Waals surface area contributed by atoms with Crippen molar-refractivity contribution in [1.29, 1.82) is 0 Å². The Labute approximate surface area is 142 Å². The van der Waals surface area contributed by atoms with Gasteiger partial charge in [-0.25, -0.2) is 4.79 Å². The molecule has 0 spiro atoms. The third-order valence-electron chi connectivity index (χ3n) is 3.70. The Morgan fingerprint density at radius 1 is 1.30 bits per heavy atom. The van der Waals surface area contributed by atoms with Gasteiger partial charge in [0.05, 0.1) is 11.0 Å². The average Bonchev–Trinajstić information content (AvgIpc) is 2.84. The maximum absolute atomic E-state index is 12.6. The molecular formula is C17H26N2O3S. The third-order valence-corrected chi connectivity index (χ3v) is 4.80. The van der Waals surface area contributed by atoms with Gasteiger partial charge in [0, 0.05) is 18.3 Å². The van der Waals surface area contributed by atoms with E-state index in [4.69, 9.17) is 4.74 Å². The molecule has 2 rings (SSSR count). The van der Waals surface area contributed by atoms with Gasteiger partial charge in [-0.2, -0.15) is 0 Å². The zero-order valence-corrected chi connectivity index (χ0v) is 15.3. The van der Waals surface area contributed by atoms with Crippen LogP contribution >= 0.6 is 11.3 Å². The van der Waals surface area contributed by atoms with E-state index in [1.54, 1.807) is 0 Å². The molecule has 0 aromatic carbocycles. The largest absolute Gasteiger partial charge is 0.444 e. The number of ether oxygens (including phenoxy) is 1.